The van der Waals surface area contributed by atoms with Crippen LogP contribution in [0.1, 0.15) is 43.2 Å². The lowest BCUT2D eigenvalue weighted by atomic mass is 9.98. The molecule has 0 saturated heterocycles. The first-order chi connectivity index (χ1) is 22.1. The van der Waals surface area contributed by atoms with Crippen LogP contribution in [-0.2, 0) is 13.5 Å². The third-order valence-corrected chi connectivity index (χ3v) is 8.19. The fraction of sp³-hybridized carbons (Fsp3) is 0.171. The van der Waals surface area contributed by atoms with Gasteiger partial charge >= 0.3 is 0 Å². The number of allylic oxidation sites excluding steroid dienone is 1. The smallest absolute Gasteiger partial charge is 0.135 e. The Hall–Kier alpha value is -4.96. The normalized spacial score (nSPS) is 11.0. The minimum atomic E-state index is 0.929. The van der Waals surface area contributed by atoms with E-state index >= 15 is 0 Å². The second-order valence-corrected chi connectivity index (χ2v) is 10.7. The fourth-order valence-electron chi connectivity index (χ4n) is 6.17. The van der Waals surface area contributed by atoms with Gasteiger partial charge in [-0.05, 0) is 73.9 Å². The first-order valence-corrected chi connectivity index (χ1v) is 15.8. The van der Waals surface area contributed by atoms with Crippen molar-refractivity contribution in [3.8, 4) is 0 Å². The largest absolute Gasteiger partial charge is 0.456 e. The maximum Gasteiger partial charge on any atom is 0.135 e. The predicted molar refractivity (Wildman–Crippen MR) is 198 cm³/mol. The number of benzene rings is 5. The quantitative estimate of drug-likeness (QED) is 0.205. The zero-order valence-corrected chi connectivity index (χ0v) is 27.2. The molecule has 5 aromatic carbocycles. The number of hydrogen-bond acceptors (Lipinski definition) is 1. The highest BCUT2D eigenvalue weighted by atomic mass is 16.3. The molecule has 0 fully saturated rings. The Morgan fingerprint density at radius 3 is 2.11 bits per heavy atom. The molecule has 224 valence electrons. The second-order valence-electron chi connectivity index (χ2n) is 10.7. The van der Waals surface area contributed by atoms with Crippen LogP contribution in [0.15, 0.2) is 120 Å². The van der Waals surface area contributed by atoms with Crippen LogP contribution in [0.5, 0.6) is 0 Å². The molecule has 0 aliphatic heterocycles. The molecule has 8 rings (SSSR count). The van der Waals surface area contributed by atoms with Gasteiger partial charge in [0.2, 0.25) is 0 Å². The minimum absolute atomic E-state index is 0.929. The van der Waals surface area contributed by atoms with Crippen molar-refractivity contribution in [2.75, 3.05) is 0 Å². The number of rotatable bonds is 3. The molecule has 0 atom stereocenters. The summed E-state index contributed by atoms with van der Waals surface area (Å²) in [6.07, 6.45) is 4.92. The molecule has 45 heavy (non-hydrogen) atoms. The van der Waals surface area contributed by atoms with Gasteiger partial charge in [0.15, 0.2) is 0 Å². The van der Waals surface area contributed by atoms with Crippen LogP contribution in [0, 0.1) is 6.92 Å². The molecule has 3 heterocycles. The summed E-state index contributed by atoms with van der Waals surface area (Å²) in [6.45, 7) is 9.58. The Morgan fingerprint density at radius 1 is 0.711 bits per heavy atom. The molecular formula is C41H41BN2O. The monoisotopic (exact) mass is 588 g/mol. The average molecular weight is 589 g/mol. The molecule has 4 heteroatoms. The van der Waals surface area contributed by atoms with Crippen molar-refractivity contribution < 1.29 is 4.42 Å². The van der Waals surface area contributed by atoms with Crippen molar-refractivity contribution in [2.24, 2.45) is 7.05 Å². The van der Waals surface area contributed by atoms with Crippen LogP contribution < -0.4 is 0 Å². The lowest BCUT2D eigenvalue weighted by Gasteiger charge is -2.06. The lowest BCUT2D eigenvalue weighted by molar-refractivity contribution is 0.601. The molecule has 0 amide bonds. The summed E-state index contributed by atoms with van der Waals surface area (Å²) in [7, 11) is 6.65. The summed E-state index contributed by atoms with van der Waals surface area (Å²) in [5.74, 6) is 0.962. The molecule has 0 aliphatic carbocycles. The zero-order valence-electron chi connectivity index (χ0n) is 27.2. The van der Waals surface area contributed by atoms with Gasteiger partial charge in [-0.15, -0.1) is 0 Å². The number of hydrogen-bond donors (Lipinski definition) is 1. The van der Waals surface area contributed by atoms with E-state index in [0.29, 0.717) is 0 Å². The van der Waals surface area contributed by atoms with Crippen molar-refractivity contribution in [3.63, 3.8) is 0 Å². The molecule has 0 aliphatic rings. The Kier molecular flexibility index (Phi) is 9.94. The van der Waals surface area contributed by atoms with E-state index in [1.807, 2.05) is 51.1 Å². The topological polar surface area (TPSA) is 33.9 Å². The number of H-pyrrole nitrogens is 1. The first kappa shape index (κ1) is 31.5. The van der Waals surface area contributed by atoms with Crippen LogP contribution in [0.3, 0.4) is 0 Å². The maximum absolute atomic E-state index is 5.65. The third-order valence-electron chi connectivity index (χ3n) is 8.19. The van der Waals surface area contributed by atoms with Crippen molar-refractivity contribution in [2.45, 2.75) is 40.9 Å². The molecule has 3 nitrogen and oxygen atoms in total. The first-order valence-electron chi connectivity index (χ1n) is 15.8. The van der Waals surface area contributed by atoms with E-state index in [1.165, 1.54) is 72.5 Å². The molecule has 0 saturated carbocycles. The van der Waals surface area contributed by atoms with Crippen LogP contribution in [0.2, 0.25) is 6.82 Å². The lowest BCUT2D eigenvalue weighted by Crippen LogP contribution is -1.90. The fourth-order valence-corrected chi connectivity index (χ4v) is 6.17. The molecule has 0 unspecified atom stereocenters. The average Bonchev–Trinajstić information content (AvgIpc) is 3.73. The van der Waals surface area contributed by atoms with E-state index in [4.69, 9.17) is 4.42 Å². The highest BCUT2D eigenvalue weighted by molar-refractivity contribution is 6.10. The standard InChI is InChI=1S/C26H20N2.C12H12O.C2H6.CH3B/c1-28-24-12-5-3-8-19(24)21-16-17(13-14-25(21)28)15-18-7-6-11-23-26(18)20-9-2-4-10-22(20)27-23;1-3-6-11-9(2)10-7-4-5-8-12(10)13-11;2*1-2/h2-14,16,27H,15H2,1H3;3-8H,1-2H3;1-2H3;1H3/b;6-3-;;. The van der Waals surface area contributed by atoms with Crippen molar-refractivity contribution in [3.05, 3.63) is 138 Å². The van der Waals surface area contributed by atoms with Gasteiger partial charge in [0, 0.05) is 61.6 Å². The summed E-state index contributed by atoms with van der Waals surface area (Å²) in [5, 5.41) is 6.51. The summed E-state index contributed by atoms with van der Waals surface area (Å²) >= 11 is 0. The summed E-state index contributed by atoms with van der Waals surface area (Å²) in [4.78, 5) is 3.56. The molecule has 2 radical (unpaired) electrons. The highest BCUT2D eigenvalue weighted by Gasteiger charge is 2.12. The number of aromatic amines is 1. The number of nitrogens with one attached hydrogen (secondary N) is 1. The Morgan fingerprint density at radius 2 is 1.36 bits per heavy atom. The van der Waals surface area contributed by atoms with Crippen LogP contribution >= 0.6 is 0 Å². The molecule has 1 N–H and O–H groups in total. The Balaban J connectivity index is 0.000000198. The molecule has 8 aromatic rings. The summed E-state index contributed by atoms with van der Waals surface area (Å²) in [5.41, 5.74) is 9.89. The minimum Gasteiger partial charge on any atom is -0.456 e. The molecule has 0 spiro atoms. The van der Waals surface area contributed by atoms with Gasteiger partial charge < -0.3 is 14.0 Å². The van der Waals surface area contributed by atoms with Crippen LogP contribution in [0.25, 0.3) is 60.7 Å². The third kappa shape index (κ3) is 6.06. The molecular weight excluding hydrogens is 547 g/mol. The van der Waals surface area contributed by atoms with Gasteiger partial charge in [-0.2, -0.15) is 0 Å². The van der Waals surface area contributed by atoms with E-state index in [0.717, 1.165) is 17.8 Å². The van der Waals surface area contributed by atoms with E-state index in [9.17, 15) is 0 Å². The maximum atomic E-state index is 5.65. The molecule has 0 bridgehead atoms. The van der Waals surface area contributed by atoms with E-state index in [-0.39, 0.29) is 0 Å². The second kappa shape index (κ2) is 14.2. The molecule has 3 aromatic heterocycles. The number of para-hydroxylation sites is 3. The SMILES string of the molecule is C/C=C\c1oc2ccccc2c1C.CC.Cn1c2ccccc2c2cc(Cc3cccc4[nH]c5ccccc5c34)ccc21.[B]C. The van der Waals surface area contributed by atoms with E-state index in [1.54, 1.807) is 0 Å². The van der Waals surface area contributed by atoms with Crippen LogP contribution in [0.4, 0.5) is 0 Å². The number of furan rings is 1. The van der Waals surface area contributed by atoms with Gasteiger partial charge in [0.05, 0.1) is 7.85 Å². The van der Waals surface area contributed by atoms with Crippen molar-refractivity contribution in [1.82, 2.24) is 9.55 Å². The van der Waals surface area contributed by atoms with Crippen molar-refractivity contribution in [1.29, 1.82) is 0 Å². The Bertz CT molecular complexity index is 2230. The van der Waals surface area contributed by atoms with E-state index < -0.39 is 0 Å². The van der Waals surface area contributed by atoms with E-state index in [2.05, 4.69) is 122 Å². The zero-order chi connectivity index (χ0) is 31.9. The summed E-state index contributed by atoms with van der Waals surface area (Å²) in [6, 6.07) is 38.8. The number of aromatic nitrogens is 2. The summed E-state index contributed by atoms with van der Waals surface area (Å²) < 4.78 is 7.94. The van der Waals surface area contributed by atoms with Crippen molar-refractivity contribution >= 4 is 68.5 Å². The number of aryl methyl sites for hydroxylation is 2. The van der Waals surface area contributed by atoms with Gasteiger partial charge in [0.1, 0.15) is 11.3 Å². The number of nitrogens with zero attached hydrogens (tertiary/aromatic N) is 1. The highest BCUT2D eigenvalue weighted by Crippen LogP contribution is 2.32. The van der Waals surface area contributed by atoms with Gasteiger partial charge in [-0.3, -0.25) is 0 Å². The Labute approximate surface area is 267 Å². The van der Waals surface area contributed by atoms with Crippen LogP contribution in [-0.4, -0.2) is 17.4 Å². The predicted octanol–water partition coefficient (Wildman–Crippen LogP) is 11.6. The number of fused-ring (bicyclic) bond motifs is 7. The van der Waals surface area contributed by atoms with Gasteiger partial charge in [0.25, 0.3) is 0 Å². The van der Waals surface area contributed by atoms with Gasteiger partial charge in [-0.1, -0.05) is 99.5 Å². The van der Waals surface area contributed by atoms with Gasteiger partial charge in [-0.25, -0.2) is 0 Å².